The lowest BCUT2D eigenvalue weighted by Gasteiger charge is -2.28. The molecule has 10 nitrogen and oxygen atoms in total. The minimum Gasteiger partial charge on any atom is -0.466 e. The lowest BCUT2D eigenvalue weighted by atomic mass is 10.1. The Balaban J connectivity index is 1.43. The van der Waals surface area contributed by atoms with E-state index < -0.39 is 11.7 Å². The van der Waals surface area contributed by atoms with Crippen molar-refractivity contribution in [2.75, 3.05) is 36.4 Å². The number of ether oxygens (including phenoxy) is 1. The number of rotatable bonds is 8. The first-order valence-electron chi connectivity index (χ1n) is 13.1. The molecule has 3 aromatic rings. The molecular formula is C28H37N5O5. The molecular weight excluding hydrogens is 486 g/mol. The number of nitrogens with zero attached hydrogens (tertiary/aromatic N) is 4. The first-order chi connectivity index (χ1) is 18.1. The number of carbonyl (C=O) groups is 2. The number of piperidine rings is 1. The van der Waals surface area contributed by atoms with Crippen LogP contribution in [-0.4, -0.2) is 58.9 Å². The summed E-state index contributed by atoms with van der Waals surface area (Å²) in [6.45, 7) is 12.5. The zero-order chi connectivity index (χ0) is 27.3. The molecule has 2 aromatic heterocycles. The average Bonchev–Trinajstić information content (AvgIpc) is 3.48. The van der Waals surface area contributed by atoms with Crippen molar-refractivity contribution < 1.29 is 23.2 Å². The standard InChI is InChI=1S/C28H37N5O5/c1-19-18-23(20(2)36-19)24(34)29-22-12-10-21(11-13-22)25-30-31-26(37-25)33(27(35)38-28(3,4)5)17-9-16-32-14-7-6-8-15-32/h10-13,18H,6-9,14-17H2,1-5H3,(H,29,34). The molecule has 204 valence electrons. The Hall–Kier alpha value is -3.66. The van der Waals surface area contributed by atoms with E-state index in [1.807, 2.05) is 20.8 Å². The van der Waals surface area contributed by atoms with E-state index in [1.54, 1.807) is 44.2 Å². The SMILES string of the molecule is Cc1cc(C(=O)Nc2ccc(-c3nnc(N(CCCN4CCCCC4)C(=O)OC(C)(C)C)o3)cc2)c(C)o1. The van der Waals surface area contributed by atoms with Gasteiger partial charge in [0, 0.05) is 17.8 Å². The number of carbonyl (C=O) groups excluding carboxylic acids is 2. The van der Waals surface area contributed by atoms with E-state index in [1.165, 1.54) is 24.2 Å². The first-order valence-corrected chi connectivity index (χ1v) is 13.1. The van der Waals surface area contributed by atoms with Crippen molar-refractivity contribution in [2.24, 2.45) is 0 Å². The van der Waals surface area contributed by atoms with Gasteiger partial charge in [0.1, 0.15) is 17.1 Å². The van der Waals surface area contributed by atoms with E-state index >= 15 is 0 Å². The molecule has 1 aliphatic heterocycles. The predicted molar refractivity (Wildman–Crippen MR) is 144 cm³/mol. The zero-order valence-electron chi connectivity index (χ0n) is 22.9. The third-order valence-electron chi connectivity index (χ3n) is 6.24. The summed E-state index contributed by atoms with van der Waals surface area (Å²) < 4.78 is 17.0. The summed E-state index contributed by atoms with van der Waals surface area (Å²) in [4.78, 5) is 29.4. The summed E-state index contributed by atoms with van der Waals surface area (Å²) in [6, 6.07) is 8.86. The van der Waals surface area contributed by atoms with Crippen LogP contribution in [0.1, 0.15) is 68.3 Å². The lowest BCUT2D eigenvalue weighted by molar-refractivity contribution is 0.0571. The molecule has 4 rings (SSSR count). The van der Waals surface area contributed by atoms with Crippen LogP contribution in [0.25, 0.3) is 11.5 Å². The van der Waals surface area contributed by atoms with Gasteiger partial charge in [-0.3, -0.25) is 4.79 Å². The van der Waals surface area contributed by atoms with Gasteiger partial charge in [-0.2, -0.15) is 0 Å². The minimum absolute atomic E-state index is 0.0936. The van der Waals surface area contributed by atoms with Gasteiger partial charge in [0.15, 0.2) is 0 Å². The van der Waals surface area contributed by atoms with Gasteiger partial charge in [-0.05, 0) is 104 Å². The van der Waals surface area contributed by atoms with Gasteiger partial charge in [0.05, 0.1) is 5.56 Å². The number of benzene rings is 1. The molecule has 0 aliphatic carbocycles. The Morgan fingerprint density at radius 1 is 1.05 bits per heavy atom. The smallest absolute Gasteiger partial charge is 0.418 e. The molecule has 2 amide bonds. The monoisotopic (exact) mass is 523 g/mol. The molecule has 10 heteroatoms. The predicted octanol–water partition coefficient (Wildman–Crippen LogP) is 5.82. The maximum absolute atomic E-state index is 13.0. The highest BCUT2D eigenvalue weighted by Gasteiger charge is 2.28. The maximum atomic E-state index is 13.0. The highest BCUT2D eigenvalue weighted by molar-refractivity contribution is 6.05. The van der Waals surface area contributed by atoms with E-state index in [0.29, 0.717) is 34.9 Å². The zero-order valence-corrected chi connectivity index (χ0v) is 22.9. The van der Waals surface area contributed by atoms with E-state index in [0.717, 1.165) is 26.1 Å². The van der Waals surface area contributed by atoms with Gasteiger partial charge in [-0.1, -0.05) is 11.5 Å². The molecule has 3 heterocycles. The van der Waals surface area contributed by atoms with Crippen LogP contribution < -0.4 is 10.2 Å². The summed E-state index contributed by atoms with van der Waals surface area (Å²) in [6.07, 6.45) is 3.96. The number of likely N-dealkylation sites (tertiary alicyclic amines) is 1. The fourth-order valence-corrected chi connectivity index (χ4v) is 4.41. The molecule has 0 saturated carbocycles. The van der Waals surface area contributed by atoms with Crippen LogP contribution in [0.4, 0.5) is 16.5 Å². The van der Waals surface area contributed by atoms with Crippen molar-refractivity contribution in [3.05, 3.63) is 47.4 Å². The van der Waals surface area contributed by atoms with Crippen LogP contribution in [0, 0.1) is 13.8 Å². The number of hydrogen-bond acceptors (Lipinski definition) is 8. The van der Waals surface area contributed by atoms with E-state index in [2.05, 4.69) is 20.4 Å². The minimum atomic E-state index is -0.654. The van der Waals surface area contributed by atoms with Gasteiger partial charge in [-0.25, -0.2) is 9.69 Å². The first kappa shape index (κ1) is 27.4. The van der Waals surface area contributed by atoms with E-state index in [4.69, 9.17) is 13.6 Å². The van der Waals surface area contributed by atoms with Crippen molar-refractivity contribution in [2.45, 2.75) is 65.9 Å². The number of nitrogens with one attached hydrogen (secondary N) is 1. The van der Waals surface area contributed by atoms with Crippen LogP contribution in [0.3, 0.4) is 0 Å². The van der Waals surface area contributed by atoms with Gasteiger partial charge in [0.25, 0.3) is 5.91 Å². The van der Waals surface area contributed by atoms with Crippen molar-refractivity contribution in [3.63, 3.8) is 0 Å². The van der Waals surface area contributed by atoms with Crippen LogP contribution in [0.15, 0.2) is 39.2 Å². The summed E-state index contributed by atoms with van der Waals surface area (Å²) in [7, 11) is 0. The van der Waals surface area contributed by atoms with Crippen molar-refractivity contribution >= 4 is 23.7 Å². The number of furan rings is 1. The topological polar surface area (TPSA) is 114 Å². The Morgan fingerprint density at radius 2 is 1.76 bits per heavy atom. The van der Waals surface area contributed by atoms with Crippen molar-refractivity contribution in [1.29, 1.82) is 0 Å². The van der Waals surface area contributed by atoms with E-state index in [-0.39, 0.29) is 17.8 Å². The summed E-state index contributed by atoms with van der Waals surface area (Å²) in [5.41, 5.74) is 1.12. The molecule has 0 unspecified atom stereocenters. The number of anilines is 2. The lowest BCUT2D eigenvalue weighted by Crippen LogP contribution is -2.39. The molecule has 38 heavy (non-hydrogen) atoms. The van der Waals surface area contributed by atoms with Gasteiger partial charge >= 0.3 is 12.1 Å². The molecule has 1 saturated heterocycles. The third-order valence-corrected chi connectivity index (χ3v) is 6.24. The summed E-state index contributed by atoms with van der Waals surface area (Å²) in [5.74, 6) is 1.27. The highest BCUT2D eigenvalue weighted by Crippen LogP contribution is 2.25. The molecule has 0 spiro atoms. The number of amides is 2. The van der Waals surface area contributed by atoms with Crippen LogP contribution in [-0.2, 0) is 4.74 Å². The van der Waals surface area contributed by atoms with Crippen molar-refractivity contribution in [3.8, 4) is 11.5 Å². The Morgan fingerprint density at radius 3 is 2.39 bits per heavy atom. The number of aryl methyl sites for hydroxylation is 2. The molecule has 1 N–H and O–H groups in total. The quantitative estimate of drug-likeness (QED) is 0.393. The molecule has 0 bridgehead atoms. The third kappa shape index (κ3) is 7.22. The van der Waals surface area contributed by atoms with E-state index in [9.17, 15) is 9.59 Å². The summed E-state index contributed by atoms with van der Waals surface area (Å²) >= 11 is 0. The Bertz CT molecular complexity index is 1240. The Labute approximate surface area is 223 Å². The van der Waals surface area contributed by atoms with Crippen LogP contribution >= 0.6 is 0 Å². The number of hydrogen-bond donors (Lipinski definition) is 1. The number of aromatic nitrogens is 2. The second kappa shape index (κ2) is 11.8. The molecule has 0 atom stereocenters. The second-order valence-electron chi connectivity index (χ2n) is 10.6. The second-order valence-corrected chi connectivity index (χ2v) is 10.6. The highest BCUT2D eigenvalue weighted by atomic mass is 16.6. The fourth-order valence-electron chi connectivity index (χ4n) is 4.41. The van der Waals surface area contributed by atoms with Gasteiger partial charge in [-0.15, -0.1) is 5.10 Å². The normalized spacial score (nSPS) is 14.3. The Kier molecular flexibility index (Phi) is 8.51. The van der Waals surface area contributed by atoms with Crippen LogP contribution in [0.2, 0.25) is 0 Å². The average molecular weight is 524 g/mol. The van der Waals surface area contributed by atoms with Crippen LogP contribution in [0.5, 0.6) is 0 Å². The fraction of sp³-hybridized carbons (Fsp3) is 0.500. The molecule has 1 aromatic carbocycles. The maximum Gasteiger partial charge on any atom is 0.418 e. The molecule has 1 aliphatic rings. The van der Waals surface area contributed by atoms with Gasteiger partial charge in [0.2, 0.25) is 5.89 Å². The largest absolute Gasteiger partial charge is 0.466 e. The van der Waals surface area contributed by atoms with Crippen molar-refractivity contribution in [1.82, 2.24) is 15.1 Å². The molecule has 0 radical (unpaired) electrons. The molecule has 1 fully saturated rings. The van der Waals surface area contributed by atoms with Gasteiger partial charge < -0.3 is 23.8 Å². The summed E-state index contributed by atoms with van der Waals surface area (Å²) in [5, 5.41) is 11.2.